The second kappa shape index (κ2) is 4.52. The third-order valence-corrected chi connectivity index (χ3v) is 3.30. The van der Waals surface area contributed by atoms with Gasteiger partial charge in [-0.25, -0.2) is 4.39 Å². The van der Waals surface area contributed by atoms with E-state index in [1.165, 1.54) is 18.6 Å². The van der Waals surface area contributed by atoms with Crippen molar-refractivity contribution in [1.29, 1.82) is 0 Å². The first-order valence-electron chi connectivity index (χ1n) is 5.79. The van der Waals surface area contributed by atoms with Crippen LogP contribution in [0.4, 0.5) is 4.39 Å². The zero-order valence-electron chi connectivity index (χ0n) is 9.75. The van der Waals surface area contributed by atoms with E-state index in [0.29, 0.717) is 0 Å². The molecule has 1 aromatic carbocycles. The lowest BCUT2D eigenvalue weighted by atomic mass is 9.77. The van der Waals surface area contributed by atoms with Crippen LogP contribution in [-0.4, -0.2) is 24.0 Å². The van der Waals surface area contributed by atoms with Crippen molar-refractivity contribution in [2.24, 2.45) is 5.73 Å². The van der Waals surface area contributed by atoms with Crippen LogP contribution < -0.4 is 5.73 Å². The summed E-state index contributed by atoms with van der Waals surface area (Å²) < 4.78 is 12.7. The highest BCUT2D eigenvalue weighted by molar-refractivity contribution is 5.16. The van der Waals surface area contributed by atoms with E-state index in [1.54, 1.807) is 0 Å². The van der Waals surface area contributed by atoms with E-state index in [4.69, 9.17) is 5.73 Å². The van der Waals surface area contributed by atoms with Crippen molar-refractivity contribution in [3.8, 4) is 0 Å². The predicted molar refractivity (Wildman–Crippen MR) is 63.5 cm³/mol. The van der Waals surface area contributed by atoms with Crippen molar-refractivity contribution >= 4 is 0 Å². The number of rotatable bonds is 4. The highest BCUT2D eigenvalue weighted by Gasteiger charge is 2.33. The summed E-state index contributed by atoms with van der Waals surface area (Å²) in [6.07, 6.45) is 3.50. The molecule has 0 amide bonds. The van der Waals surface area contributed by atoms with Crippen molar-refractivity contribution in [3.63, 3.8) is 0 Å². The standard InChI is InChI=1S/C13H19FN2/c1-16(10-13(15)7-2-8-13)9-11-3-5-12(14)6-4-11/h3-6H,2,7-10,15H2,1H3. The van der Waals surface area contributed by atoms with E-state index >= 15 is 0 Å². The Morgan fingerprint density at radius 1 is 1.31 bits per heavy atom. The Labute approximate surface area is 96.2 Å². The lowest BCUT2D eigenvalue weighted by Crippen LogP contribution is -2.54. The zero-order valence-corrected chi connectivity index (χ0v) is 9.75. The molecule has 0 unspecified atom stereocenters. The van der Waals surface area contributed by atoms with Gasteiger partial charge in [0.05, 0.1) is 0 Å². The topological polar surface area (TPSA) is 29.3 Å². The number of halogens is 1. The Balaban J connectivity index is 1.86. The van der Waals surface area contributed by atoms with Gasteiger partial charge in [0.2, 0.25) is 0 Å². The van der Waals surface area contributed by atoms with Gasteiger partial charge in [-0.2, -0.15) is 0 Å². The van der Waals surface area contributed by atoms with Crippen LogP contribution in [0, 0.1) is 5.82 Å². The molecule has 0 saturated heterocycles. The Morgan fingerprint density at radius 3 is 2.44 bits per heavy atom. The Hall–Kier alpha value is -0.930. The number of hydrogen-bond donors (Lipinski definition) is 1. The van der Waals surface area contributed by atoms with Crippen LogP contribution in [0.1, 0.15) is 24.8 Å². The zero-order chi connectivity index (χ0) is 11.6. The molecule has 16 heavy (non-hydrogen) atoms. The normalized spacial score (nSPS) is 18.5. The molecule has 0 heterocycles. The summed E-state index contributed by atoms with van der Waals surface area (Å²) in [5, 5.41) is 0. The van der Waals surface area contributed by atoms with E-state index in [2.05, 4.69) is 11.9 Å². The first-order valence-corrected chi connectivity index (χ1v) is 5.79. The fraction of sp³-hybridized carbons (Fsp3) is 0.538. The average Bonchev–Trinajstić information content (AvgIpc) is 2.19. The molecule has 1 aliphatic carbocycles. The largest absolute Gasteiger partial charge is 0.324 e. The van der Waals surface area contributed by atoms with Gasteiger partial charge in [0.1, 0.15) is 5.82 Å². The molecule has 1 aliphatic rings. The third-order valence-electron chi connectivity index (χ3n) is 3.30. The SMILES string of the molecule is CN(Cc1ccc(F)cc1)CC1(N)CCC1. The molecule has 0 radical (unpaired) electrons. The third kappa shape index (κ3) is 2.80. The summed E-state index contributed by atoms with van der Waals surface area (Å²) >= 11 is 0. The highest BCUT2D eigenvalue weighted by Crippen LogP contribution is 2.29. The van der Waals surface area contributed by atoms with Gasteiger partial charge in [0.15, 0.2) is 0 Å². The minimum absolute atomic E-state index is 0.0226. The molecular formula is C13H19FN2. The first kappa shape index (κ1) is 11.6. The molecule has 0 aliphatic heterocycles. The van der Waals surface area contributed by atoms with Crippen LogP contribution in [0.3, 0.4) is 0 Å². The van der Waals surface area contributed by atoms with Gasteiger partial charge >= 0.3 is 0 Å². The molecular weight excluding hydrogens is 203 g/mol. The van der Waals surface area contributed by atoms with Crippen molar-refractivity contribution in [2.75, 3.05) is 13.6 Å². The number of likely N-dealkylation sites (N-methyl/N-ethyl adjacent to an activating group) is 1. The van der Waals surface area contributed by atoms with Crippen molar-refractivity contribution < 1.29 is 4.39 Å². The van der Waals surface area contributed by atoms with Crippen LogP contribution in [0.2, 0.25) is 0 Å². The number of hydrogen-bond acceptors (Lipinski definition) is 2. The number of benzene rings is 1. The van der Waals surface area contributed by atoms with E-state index in [9.17, 15) is 4.39 Å². The predicted octanol–water partition coefficient (Wildman–Crippen LogP) is 2.14. The summed E-state index contributed by atoms with van der Waals surface area (Å²) in [6, 6.07) is 6.67. The van der Waals surface area contributed by atoms with Gasteiger partial charge in [0, 0.05) is 18.6 Å². The maximum Gasteiger partial charge on any atom is 0.123 e. The van der Waals surface area contributed by atoms with E-state index in [-0.39, 0.29) is 11.4 Å². The summed E-state index contributed by atoms with van der Waals surface area (Å²) in [5.41, 5.74) is 7.33. The maximum atomic E-state index is 12.7. The minimum Gasteiger partial charge on any atom is -0.324 e. The van der Waals surface area contributed by atoms with Gasteiger partial charge in [-0.05, 0) is 44.0 Å². The maximum absolute atomic E-state index is 12.7. The van der Waals surface area contributed by atoms with Crippen LogP contribution in [0.25, 0.3) is 0 Å². The summed E-state index contributed by atoms with van der Waals surface area (Å²) in [4.78, 5) is 2.21. The lowest BCUT2D eigenvalue weighted by molar-refractivity contribution is 0.161. The second-order valence-corrected chi connectivity index (χ2v) is 5.01. The lowest BCUT2D eigenvalue weighted by Gasteiger charge is -2.41. The quantitative estimate of drug-likeness (QED) is 0.845. The van der Waals surface area contributed by atoms with Crippen molar-refractivity contribution in [2.45, 2.75) is 31.3 Å². The van der Waals surface area contributed by atoms with E-state index < -0.39 is 0 Å². The van der Waals surface area contributed by atoms with Crippen LogP contribution >= 0.6 is 0 Å². The minimum atomic E-state index is -0.180. The van der Waals surface area contributed by atoms with Gasteiger partial charge in [-0.1, -0.05) is 12.1 Å². The summed E-state index contributed by atoms with van der Waals surface area (Å²) in [5.74, 6) is -0.180. The molecule has 1 saturated carbocycles. The van der Waals surface area contributed by atoms with Crippen molar-refractivity contribution in [3.05, 3.63) is 35.6 Å². The smallest absolute Gasteiger partial charge is 0.123 e. The molecule has 88 valence electrons. The summed E-state index contributed by atoms with van der Waals surface area (Å²) in [7, 11) is 2.07. The molecule has 0 spiro atoms. The van der Waals surface area contributed by atoms with Gasteiger partial charge in [0.25, 0.3) is 0 Å². The molecule has 1 fully saturated rings. The second-order valence-electron chi connectivity index (χ2n) is 5.01. The monoisotopic (exact) mass is 222 g/mol. The Morgan fingerprint density at radius 2 is 1.94 bits per heavy atom. The fourth-order valence-corrected chi connectivity index (χ4v) is 2.28. The van der Waals surface area contributed by atoms with Crippen LogP contribution in [-0.2, 0) is 6.54 Å². The molecule has 2 N–H and O–H groups in total. The number of nitrogens with two attached hydrogens (primary N) is 1. The van der Waals surface area contributed by atoms with Crippen LogP contribution in [0.15, 0.2) is 24.3 Å². The highest BCUT2D eigenvalue weighted by atomic mass is 19.1. The molecule has 0 aromatic heterocycles. The van der Waals surface area contributed by atoms with Gasteiger partial charge in [-0.15, -0.1) is 0 Å². The Bertz CT molecular complexity index is 343. The molecule has 1 aromatic rings. The number of nitrogens with zero attached hydrogens (tertiary/aromatic N) is 1. The van der Waals surface area contributed by atoms with Gasteiger partial charge < -0.3 is 10.6 Å². The van der Waals surface area contributed by atoms with Crippen molar-refractivity contribution in [1.82, 2.24) is 4.90 Å². The average molecular weight is 222 g/mol. The fourth-order valence-electron chi connectivity index (χ4n) is 2.28. The molecule has 2 nitrogen and oxygen atoms in total. The first-order chi connectivity index (χ1) is 7.57. The summed E-state index contributed by atoms with van der Waals surface area (Å²) in [6.45, 7) is 1.75. The molecule has 0 bridgehead atoms. The van der Waals surface area contributed by atoms with Crippen LogP contribution in [0.5, 0.6) is 0 Å². The van der Waals surface area contributed by atoms with Gasteiger partial charge in [-0.3, -0.25) is 0 Å². The van der Waals surface area contributed by atoms with E-state index in [0.717, 1.165) is 31.5 Å². The molecule has 3 heteroatoms. The Kier molecular flexibility index (Phi) is 3.26. The van der Waals surface area contributed by atoms with E-state index in [1.807, 2.05) is 12.1 Å². The molecule has 2 rings (SSSR count). The molecule has 0 atom stereocenters.